The van der Waals surface area contributed by atoms with Crippen molar-refractivity contribution in [1.29, 1.82) is 0 Å². The maximum absolute atomic E-state index is 10.4. The molecule has 0 aliphatic heterocycles. The van der Waals surface area contributed by atoms with Gasteiger partial charge in [-0.1, -0.05) is 25.8 Å². The summed E-state index contributed by atoms with van der Waals surface area (Å²) in [5.41, 5.74) is 3.26. The molecular weight excluding hydrogens is 196 g/mol. The molecule has 0 bridgehead atoms. The lowest BCUT2D eigenvalue weighted by molar-refractivity contribution is 0.0366. The van der Waals surface area contributed by atoms with E-state index in [1.165, 1.54) is 6.42 Å². The summed E-state index contributed by atoms with van der Waals surface area (Å²) in [5.74, 6) is 0.640. The van der Waals surface area contributed by atoms with Gasteiger partial charge in [-0.2, -0.15) is 0 Å². The van der Waals surface area contributed by atoms with Crippen molar-refractivity contribution in [3.8, 4) is 0 Å². The highest BCUT2D eigenvalue weighted by atomic mass is 35.5. The van der Waals surface area contributed by atoms with Gasteiger partial charge in [-0.15, -0.1) is 17.3 Å². The summed E-state index contributed by atoms with van der Waals surface area (Å²) < 4.78 is 0. The summed E-state index contributed by atoms with van der Waals surface area (Å²) in [5, 5.41) is 10.4. The van der Waals surface area contributed by atoms with E-state index in [1.54, 1.807) is 0 Å². The average molecular weight is 215 g/mol. The molecule has 0 amide bonds. The van der Waals surface area contributed by atoms with Crippen LogP contribution in [0.1, 0.15) is 44.9 Å². The van der Waals surface area contributed by atoms with Gasteiger partial charge in [-0.25, -0.2) is 0 Å². The van der Waals surface area contributed by atoms with Crippen LogP contribution in [0.4, 0.5) is 0 Å². The minimum atomic E-state index is -0.619. The van der Waals surface area contributed by atoms with E-state index in [1.807, 2.05) is 0 Å². The molecular formula is C12H19ClO. The number of alkyl halides is 1. The molecule has 14 heavy (non-hydrogen) atoms. The maximum Gasteiger partial charge on any atom is 0.0929 e. The highest BCUT2D eigenvalue weighted by Gasteiger charge is 2.32. The van der Waals surface area contributed by atoms with Crippen LogP contribution in [0.15, 0.2) is 17.9 Å². The van der Waals surface area contributed by atoms with Crippen molar-refractivity contribution in [2.45, 2.75) is 50.5 Å². The summed E-state index contributed by atoms with van der Waals surface area (Å²) in [6.07, 6.45) is 6.94. The lowest BCUT2D eigenvalue weighted by Gasteiger charge is -2.33. The summed E-state index contributed by atoms with van der Waals surface area (Å²) in [6.45, 7) is 3.67. The van der Waals surface area contributed by atoms with Gasteiger partial charge < -0.3 is 5.11 Å². The summed E-state index contributed by atoms with van der Waals surface area (Å²) in [4.78, 5) is 0. The van der Waals surface area contributed by atoms with Crippen LogP contribution in [-0.4, -0.2) is 16.6 Å². The van der Waals surface area contributed by atoms with E-state index in [4.69, 9.17) is 11.6 Å². The first-order valence-electron chi connectivity index (χ1n) is 5.41. The lowest BCUT2D eigenvalue weighted by atomic mass is 9.78. The molecule has 1 N–H and O–H groups in total. The monoisotopic (exact) mass is 214 g/mol. The molecule has 0 aromatic carbocycles. The molecule has 0 saturated heterocycles. The van der Waals surface area contributed by atoms with Gasteiger partial charge in [-0.3, -0.25) is 0 Å². The van der Waals surface area contributed by atoms with Crippen molar-refractivity contribution in [2.75, 3.05) is 5.88 Å². The van der Waals surface area contributed by atoms with Gasteiger partial charge >= 0.3 is 0 Å². The molecule has 0 aromatic rings. The van der Waals surface area contributed by atoms with Crippen LogP contribution < -0.4 is 0 Å². The lowest BCUT2D eigenvalue weighted by Crippen LogP contribution is -2.33. The van der Waals surface area contributed by atoms with Crippen molar-refractivity contribution in [3.05, 3.63) is 17.9 Å². The highest BCUT2D eigenvalue weighted by molar-refractivity contribution is 6.17. The average Bonchev–Trinajstić information content (AvgIpc) is 2.20. The Balaban J connectivity index is 2.62. The molecule has 1 nitrogen and oxygen atoms in total. The minimum Gasteiger partial charge on any atom is -0.385 e. The number of aliphatic hydroxyl groups is 1. The second kappa shape index (κ2) is 5.60. The van der Waals surface area contributed by atoms with E-state index in [2.05, 4.69) is 12.3 Å². The summed E-state index contributed by atoms with van der Waals surface area (Å²) >= 11 is 5.64. The molecule has 1 saturated carbocycles. The van der Waals surface area contributed by atoms with Gasteiger partial charge in [0, 0.05) is 11.5 Å². The fourth-order valence-corrected chi connectivity index (χ4v) is 2.30. The zero-order chi connectivity index (χ0) is 10.4. The largest absolute Gasteiger partial charge is 0.385 e. The van der Waals surface area contributed by atoms with Crippen LogP contribution >= 0.6 is 11.6 Å². The van der Waals surface area contributed by atoms with Crippen LogP contribution in [0.2, 0.25) is 0 Å². The first-order valence-corrected chi connectivity index (χ1v) is 5.94. The topological polar surface area (TPSA) is 20.2 Å². The zero-order valence-corrected chi connectivity index (χ0v) is 9.45. The number of hydrogen-bond acceptors (Lipinski definition) is 1. The van der Waals surface area contributed by atoms with E-state index in [0.717, 1.165) is 44.1 Å². The molecule has 0 atom stereocenters. The predicted molar refractivity (Wildman–Crippen MR) is 60.6 cm³/mol. The Morgan fingerprint density at radius 1 is 1.36 bits per heavy atom. The first-order chi connectivity index (χ1) is 6.73. The molecule has 1 fully saturated rings. The van der Waals surface area contributed by atoms with E-state index in [0.29, 0.717) is 5.88 Å². The van der Waals surface area contributed by atoms with Gasteiger partial charge in [0.25, 0.3) is 0 Å². The van der Waals surface area contributed by atoms with Gasteiger partial charge in [0.05, 0.1) is 5.60 Å². The Bertz CT molecular complexity index is 222. The molecule has 80 valence electrons. The fraction of sp³-hybridized carbons (Fsp3) is 0.750. The Labute approximate surface area is 91.5 Å². The third kappa shape index (κ3) is 2.88. The van der Waals surface area contributed by atoms with Gasteiger partial charge in [0.2, 0.25) is 0 Å². The third-order valence-electron chi connectivity index (χ3n) is 3.02. The minimum absolute atomic E-state index is 0.619. The van der Waals surface area contributed by atoms with Crippen LogP contribution in [0.25, 0.3) is 0 Å². The van der Waals surface area contributed by atoms with Crippen molar-refractivity contribution < 1.29 is 5.11 Å². The molecule has 0 aromatic heterocycles. The van der Waals surface area contributed by atoms with Gasteiger partial charge in [0.1, 0.15) is 0 Å². The predicted octanol–water partition coefficient (Wildman–Crippen LogP) is 3.41. The van der Waals surface area contributed by atoms with E-state index in [-0.39, 0.29) is 0 Å². The van der Waals surface area contributed by atoms with Gasteiger partial charge in [-0.05, 0) is 25.7 Å². The second-order valence-corrected chi connectivity index (χ2v) is 4.42. The Morgan fingerprint density at radius 2 is 2.00 bits per heavy atom. The zero-order valence-electron chi connectivity index (χ0n) is 8.69. The molecule has 1 rings (SSSR count). The van der Waals surface area contributed by atoms with Crippen LogP contribution in [-0.2, 0) is 0 Å². The Morgan fingerprint density at radius 3 is 2.50 bits per heavy atom. The van der Waals surface area contributed by atoms with Crippen LogP contribution in [0, 0.1) is 0 Å². The van der Waals surface area contributed by atoms with Crippen molar-refractivity contribution in [2.24, 2.45) is 0 Å². The second-order valence-electron chi connectivity index (χ2n) is 4.04. The van der Waals surface area contributed by atoms with E-state index in [9.17, 15) is 5.11 Å². The fourth-order valence-electron chi connectivity index (χ4n) is 2.17. The van der Waals surface area contributed by atoms with E-state index < -0.39 is 5.60 Å². The van der Waals surface area contributed by atoms with Crippen LogP contribution in [0.5, 0.6) is 0 Å². The third-order valence-corrected chi connectivity index (χ3v) is 3.28. The quantitative estimate of drug-likeness (QED) is 0.562. The highest BCUT2D eigenvalue weighted by Crippen LogP contribution is 2.35. The molecule has 0 radical (unpaired) electrons. The molecule has 2 heteroatoms. The maximum atomic E-state index is 10.4. The van der Waals surface area contributed by atoms with E-state index >= 15 is 0 Å². The molecule has 1 aliphatic rings. The number of hydrogen-bond donors (Lipinski definition) is 1. The molecule has 0 unspecified atom stereocenters. The SMILES string of the molecule is C=C=C(CCCCl)C1(O)CCCCC1. The van der Waals surface area contributed by atoms with Crippen molar-refractivity contribution in [1.82, 2.24) is 0 Å². The Hall–Kier alpha value is -0.230. The smallest absolute Gasteiger partial charge is 0.0929 e. The normalized spacial score (nSPS) is 20.1. The van der Waals surface area contributed by atoms with Crippen LogP contribution in [0.3, 0.4) is 0 Å². The molecule has 1 aliphatic carbocycles. The van der Waals surface area contributed by atoms with Gasteiger partial charge in [0.15, 0.2) is 0 Å². The first kappa shape index (κ1) is 11.8. The number of rotatable bonds is 4. The van der Waals surface area contributed by atoms with Crippen molar-refractivity contribution in [3.63, 3.8) is 0 Å². The Kier molecular flexibility index (Phi) is 4.74. The molecule has 0 heterocycles. The number of halogens is 1. The molecule has 0 spiro atoms. The summed E-state index contributed by atoms with van der Waals surface area (Å²) in [6, 6.07) is 0. The van der Waals surface area contributed by atoms with Crippen molar-refractivity contribution >= 4 is 11.6 Å². The standard InChI is InChI=1S/C12H19ClO/c1-2-11(7-6-10-13)12(14)8-4-3-5-9-12/h14H,1,3-10H2. The summed E-state index contributed by atoms with van der Waals surface area (Å²) in [7, 11) is 0.